The van der Waals surface area contributed by atoms with E-state index in [0.717, 1.165) is 12.3 Å². The van der Waals surface area contributed by atoms with Gasteiger partial charge in [0.05, 0.1) is 0 Å². The van der Waals surface area contributed by atoms with E-state index in [4.69, 9.17) is 0 Å². The molecule has 0 bridgehead atoms. The maximum Gasteiger partial charge on any atom is 0.00722 e. The van der Waals surface area contributed by atoms with Crippen molar-refractivity contribution in [3.8, 4) is 0 Å². The Morgan fingerprint density at radius 1 is 1.15 bits per heavy atom. The summed E-state index contributed by atoms with van der Waals surface area (Å²) in [6, 6.07) is 8.91. The standard InChI is InChI=1S/C12H18S/c1-4-11-5-7-12(8-6-11)13-9-10(2)3/h5-8,10H,4,9H2,1-3H3. The van der Waals surface area contributed by atoms with E-state index in [0.29, 0.717) is 0 Å². The van der Waals surface area contributed by atoms with Crippen molar-refractivity contribution in [3.05, 3.63) is 29.8 Å². The molecule has 1 rings (SSSR count). The summed E-state index contributed by atoms with van der Waals surface area (Å²) < 4.78 is 0. The Balaban J connectivity index is 2.49. The fourth-order valence-corrected chi connectivity index (χ4v) is 1.94. The highest BCUT2D eigenvalue weighted by Gasteiger charge is 1.96. The summed E-state index contributed by atoms with van der Waals surface area (Å²) in [7, 11) is 0. The highest BCUT2D eigenvalue weighted by Crippen LogP contribution is 2.20. The molecule has 0 N–H and O–H groups in total. The van der Waals surface area contributed by atoms with E-state index >= 15 is 0 Å². The van der Waals surface area contributed by atoms with Crippen molar-refractivity contribution in [1.82, 2.24) is 0 Å². The third-order valence-corrected chi connectivity index (χ3v) is 3.35. The van der Waals surface area contributed by atoms with E-state index in [1.807, 2.05) is 11.8 Å². The van der Waals surface area contributed by atoms with Gasteiger partial charge in [0, 0.05) is 10.6 Å². The van der Waals surface area contributed by atoms with Gasteiger partial charge in [-0.15, -0.1) is 11.8 Å². The molecule has 0 saturated carbocycles. The van der Waals surface area contributed by atoms with Gasteiger partial charge >= 0.3 is 0 Å². The Morgan fingerprint density at radius 3 is 2.23 bits per heavy atom. The molecule has 0 saturated heterocycles. The third kappa shape index (κ3) is 3.86. The van der Waals surface area contributed by atoms with Crippen LogP contribution in [0.25, 0.3) is 0 Å². The topological polar surface area (TPSA) is 0 Å². The zero-order chi connectivity index (χ0) is 9.68. The van der Waals surface area contributed by atoms with Crippen molar-refractivity contribution in [1.29, 1.82) is 0 Å². The van der Waals surface area contributed by atoms with Gasteiger partial charge in [-0.05, 0) is 30.0 Å². The highest BCUT2D eigenvalue weighted by atomic mass is 32.2. The van der Waals surface area contributed by atoms with Gasteiger partial charge < -0.3 is 0 Å². The van der Waals surface area contributed by atoms with E-state index in [1.54, 1.807) is 0 Å². The Labute approximate surface area is 85.7 Å². The van der Waals surface area contributed by atoms with Gasteiger partial charge in [0.15, 0.2) is 0 Å². The summed E-state index contributed by atoms with van der Waals surface area (Å²) in [6.45, 7) is 6.71. The normalized spacial score (nSPS) is 10.8. The number of rotatable bonds is 4. The molecular weight excluding hydrogens is 176 g/mol. The molecule has 0 radical (unpaired) electrons. The van der Waals surface area contributed by atoms with Crippen LogP contribution in [0.3, 0.4) is 0 Å². The minimum absolute atomic E-state index is 0.774. The molecule has 1 aromatic rings. The van der Waals surface area contributed by atoms with Crippen molar-refractivity contribution < 1.29 is 0 Å². The van der Waals surface area contributed by atoms with Crippen LogP contribution < -0.4 is 0 Å². The van der Waals surface area contributed by atoms with Gasteiger partial charge in [-0.3, -0.25) is 0 Å². The number of aryl methyl sites for hydroxylation is 1. The number of hydrogen-bond donors (Lipinski definition) is 0. The second-order valence-electron chi connectivity index (χ2n) is 3.70. The molecule has 0 aliphatic rings. The first-order chi connectivity index (χ1) is 6.22. The van der Waals surface area contributed by atoms with Gasteiger partial charge in [-0.2, -0.15) is 0 Å². The maximum atomic E-state index is 2.26. The minimum atomic E-state index is 0.774. The van der Waals surface area contributed by atoms with E-state index in [9.17, 15) is 0 Å². The molecule has 0 amide bonds. The Kier molecular flexibility index (Phi) is 4.37. The first kappa shape index (κ1) is 10.6. The molecule has 0 nitrogen and oxygen atoms in total. The van der Waals surface area contributed by atoms with Crippen LogP contribution >= 0.6 is 11.8 Å². The monoisotopic (exact) mass is 194 g/mol. The third-order valence-electron chi connectivity index (χ3n) is 1.91. The quantitative estimate of drug-likeness (QED) is 0.653. The molecule has 0 heterocycles. The summed E-state index contributed by atoms with van der Waals surface area (Å²) >= 11 is 1.95. The lowest BCUT2D eigenvalue weighted by atomic mass is 10.2. The van der Waals surface area contributed by atoms with Crippen molar-refractivity contribution in [3.63, 3.8) is 0 Å². The summed E-state index contributed by atoms with van der Waals surface area (Å²) in [5, 5.41) is 0. The second kappa shape index (κ2) is 5.33. The van der Waals surface area contributed by atoms with E-state index < -0.39 is 0 Å². The van der Waals surface area contributed by atoms with Gasteiger partial charge in [0.1, 0.15) is 0 Å². The zero-order valence-electron chi connectivity index (χ0n) is 8.71. The van der Waals surface area contributed by atoms with Crippen LogP contribution in [0, 0.1) is 5.92 Å². The maximum absolute atomic E-state index is 2.26. The summed E-state index contributed by atoms with van der Waals surface area (Å²) in [5.74, 6) is 1.99. The Bertz CT molecular complexity index is 236. The summed E-state index contributed by atoms with van der Waals surface area (Å²) in [5.41, 5.74) is 1.42. The average Bonchev–Trinajstić information content (AvgIpc) is 2.15. The Morgan fingerprint density at radius 2 is 1.77 bits per heavy atom. The fraction of sp³-hybridized carbons (Fsp3) is 0.500. The predicted molar refractivity (Wildman–Crippen MR) is 61.4 cm³/mol. The first-order valence-corrected chi connectivity index (χ1v) is 5.92. The van der Waals surface area contributed by atoms with Crippen LogP contribution in [-0.2, 0) is 6.42 Å². The van der Waals surface area contributed by atoms with Crippen LogP contribution in [0.15, 0.2) is 29.2 Å². The molecule has 0 fully saturated rings. The molecule has 0 aliphatic carbocycles. The molecule has 72 valence electrons. The molecule has 1 heteroatoms. The fourth-order valence-electron chi connectivity index (χ4n) is 1.08. The number of thioether (sulfide) groups is 1. The lowest BCUT2D eigenvalue weighted by molar-refractivity contribution is 0.750. The van der Waals surface area contributed by atoms with Gasteiger partial charge in [-0.1, -0.05) is 32.9 Å². The van der Waals surface area contributed by atoms with Crippen molar-refractivity contribution >= 4 is 11.8 Å². The number of benzene rings is 1. The molecular formula is C12H18S. The molecule has 1 aromatic carbocycles. The largest absolute Gasteiger partial charge is 0.126 e. The van der Waals surface area contributed by atoms with Crippen molar-refractivity contribution in [2.75, 3.05) is 5.75 Å². The smallest absolute Gasteiger partial charge is 0.00722 e. The predicted octanol–water partition coefficient (Wildman–Crippen LogP) is 4.00. The van der Waals surface area contributed by atoms with E-state index in [-0.39, 0.29) is 0 Å². The first-order valence-electron chi connectivity index (χ1n) is 4.94. The molecule has 0 unspecified atom stereocenters. The molecule has 13 heavy (non-hydrogen) atoms. The van der Waals surface area contributed by atoms with Crippen molar-refractivity contribution in [2.24, 2.45) is 5.92 Å². The average molecular weight is 194 g/mol. The lowest BCUT2D eigenvalue weighted by Crippen LogP contribution is -1.90. The minimum Gasteiger partial charge on any atom is -0.126 e. The van der Waals surface area contributed by atoms with Gasteiger partial charge in [0.2, 0.25) is 0 Å². The lowest BCUT2D eigenvalue weighted by Gasteiger charge is -2.04. The van der Waals surface area contributed by atoms with Crippen LogP contribution in [0.4, 0.5) is 0 Å². The second-order valence-corrected chi connectivity index (χ2v) is 4.80. The van der Waals surface area contributed by atoms with Gasteiger partial charge in [-0.25, -0.2) is 0 Å². The summed E-state index contributed by atoms with van der Waals surface area (Å²) in [6.07, 6.45) is 1.13. The Hall–Kier alpha value is -0.430. The van der Waals surface area contributed by atoms with Gasteiger partial charge in [0.25, 0.3) is 0 Å². The van der Waals surface area contributed by atoms with Crippen LogP contribution in [0.1, 0.15) is 26.3 Å². The molecule has 0 atom stereocenters. The van der Waals surface area contributed by atoms with E-state index in [2.05, 4.69) is 45.0 Å². The van der Waals surface area contributed by atoms with Crippen molar-refractivity contribution in [2.45, 2.75) is 32.1 Å². The summed E-state index contributed by atoms with van der Waals surface area (Å²) in [4.78, 5) is 1.39. The molecule has 0 aromatic heterocycles. The molecule has 0 aliphatic heterocycles. The SMILES string of the molecule is CCc1ccc(SCC(C)C)cc1. The number of hydrogen-bond acceptors (Lipinski definition) is 1. The zero-order valence-corrected chi connectivity index (χ0v) is 9.53. The van der Waals surface area contributed by atoms with Crippen LogP contribution in [0.2, 0.25) is 0 Å². The highest BCUT2D eigenvalue weighted by molar-refractivity contribution is 7.99. The van der Waals surface area contributed by atoms with E-state index in [1.165, 1.54) is 16.2 Å². The van der Waals surface area contributed by atoms with Crippen LogP contribution in [-0.4, -0.2) is 5.75 Å². The molecule has 0 spiro atoms. The van der Waals surface area contributed by atoms with Crippen LogP contribution in [0.5, 0.6) is 0 Å².